The summed E-state index contributed by atoms with van der Waals surface area (Å²) >= 11 is 0. The summed E-state index contributed by atoms with van der Waals surface area (Å²) in [6.07, 6.45) is 4.94. The molecule has 6 heteroatoms. The SMILES string of the molecule is CC(C)[C@H](O)C1CCN(c2ccnc(C(=O)NCc3ccco3)c2)CC1. The minimum absolute atomic E-state index is 0.214. The molecule has 3 rings (SSSR count). The fourth-order valence-corrected chi connectivity index (χ4v) is 3.45. The van der Waals surface area contributed by atoms with Crippen molar-refractivity contribution in [2.24, 2.45) is 11.8 Å². The quantitative estimate of drug-likeness (QED) is 0.831. The predicted molar refractivity (Wildman–Crippen MR) is 99.9 cm³/mol. The molecule has 140 valence electrons. The highest BCUT2D eigenvalue weighted by Gasteiger charge is 2.27. The van der Waals surface area contributed by atoms with E-state index >= 15 is 0 Å². The lowest BCUT2D eigenvalue weighted by Gasteiger charge is -2.36. The molecule has 0 radical (unpaired) electrons. The van der Waals surface area contributed by atoms with Gasteiger partial charge >= 0.3 is 0 Å². The second-order valence-corrected chi connectivity index (χ2v) is 7.22. The molecule has 3 heterocycles. The summed E-state index contributed by atoms with van der Waals surface area (Å²) in [5.41, 5.74) is 1.40. The maximum atomic E-state index is 12.3. The second kappa shape index (κ2) is 8.36. The van der Waals surface area contributed by atoms with Crippen LogP contribution in [0, 0.1) is 11.8 Å². The summed E-state index contributed by atoms with van der Waals surface area (Å²) in [6, 6.07) is 7.37. The number of nitrogens with zero attached hydrogens (tertiary/aromatic N) is 2. The molecule has 0 saturated carbocycles. The van der Waals surface area contributed by atoms with Gasteiger partial charge in [-0.25, -0.2) is 0 Å². The third-order valence-electron chi connectivity index (χ3n) is 5.05. The number of carbonyl (C=O) groups is 1. The van der Waals surface area contributed by atoms with Crippen LogP contribution in [0.3, 0.4) is 0 Å². The predicted octanol–water partition coefficient (Wildman–Crippen LogP) is 2.84. The van der Waals surface area contributed by atoms with Gasteiger partial charge in [0.1, 0.15) is 11.5 Å². The van der Waals surface area contributed by atoms with Crippen molar-refractivity contribution in [3.8, 4) is 0 Å². The van der Waals surface area contributed by atoms with Crippen LogP contribution in [0.5, 0.6) is 0 Å². The summed E-state index contributed by atoms with van der Waals surface area (Å²) in [7, 11) is 0. The van der Waals surface area contributed by atoms with Gasteiger partial charge in [-0.2, -0.15) is 0 Å². The van der Waals surface area contributed by atoms with E-state index in [9.17, 15) is 9.90 Å². The Balaban J connectivity index is 1.58. The molecular weight excluding hydrogens is 330 g/mol. The number of furan rings is 1. The van der Waals surface area contributed by atoms with Gasteiger partial charge in [-0.05, 0) is 48.9 Å². The molecule has 1 fully saturated rings. The first kappa shape index (κ1) is 18.5. The minimum Gasteiger partial charge on any atom is -0.467 e. The smallest absolute Gasteiger partial charge is 0.270 e. The molecule has 0 aromatic carbocycles. The summed E-state index contributed by atoms with van der Waals surface area (Å²) in [4.78, 5) is 18.8. The zero-order valence-electron chi connectivity index (χ0n) is 15.4. The van der Waals surface area contributed by atoms with Gasteiger partial charge in [0.05, 0.1) is 18.9 Å². The van der Waals surface area contributed by atoms with Crippen molar-refractivity contribution in [3.05, 3.63) is 48.2 Å². The molecule has 1 saturated heterocycles. The van der Waals surface area contributed by atoms with Crippen LogP contribution in [0.4, 0.5) is 5.69 Å². The summed E-state index contributed by atoms with van der Waals surface area (Å²) in [5.74, 6) is 1.13. The zero-order chi connectivity index (χ0) is 18.5. The van der Waals surface area contributed by atoms with Gasteiger partial charge in [-0.1, -0.05) is 13.8 Å². The lowest BCUT2D eigenvalue weighted by Crippen LogP contribution is -2.39. The average Bonchev–Trinajstić information content (AvgIpc) is 3.19. The number of hydrogen-bond acceptors (Lipinski definition) is 5. The van der Waals surface area contributed by atoms with Crippen molar-refractivity contribution in [2.75, 3.05) is 18.0 Å². The number of piperidine rings is 1. The second-order valence-electron chi connectivity index (χ2n) is 7.22. The number of aliphatic hydroxyl groups is 1. The van der Waals surface area contributed by atoms with E-state index in [1.807, 2.05) is 18.2 Å². The van der Waals surface area contributed by atoms with Crippen LogP contribution in [0.25, 0.3) is 0 Å². The lowest BCUT2D eigenvalue weighted by atomic mass is 9.85. The van der Waals surface area contributed by atoms with Crippen LogP contribution < -0.4 is 10.2 Å². The Hall–Kier alpha value is -2.34. The van der Waals surface area contributed by atoms with Gasteiger partial charge < -0.3 is 19.7 Å². The molecule has 26 heavy (non-hydrogen) atoms. The van der Waals surface area contributed by atoms with E-state index in [1.165, 1.54) is 0 Å². The third-order valence-corrected chi connectivity index (χ3v) is 5.05. The number of amides is 1. The summed E-state index contributed by atoms with van der Waals surface area (Å²) < 4.78 is 5.22. The Kier molecular flexibility index (Phi) is 5.93. The standard InChI is InChI=1S/C20H27N3O3/c1-14(2)19(24)15-6-9-23(10-7-15)16-5-8-21-18(12-16)20(25)22-13-17-4-3-11-26-17/h3-5,8,11-12,14-15,19,24H,6-7,9-10,13H2,1-2H3,(H,22,25)/t19-/m0/s1. The molecule has 0 aliphatic carbocycles. The molecule has 0 spiro atoms. The van der Waals surface area contributed by atoms with Crippen molar-refractivity contribution in [3.63, 3.8) is 0 Å². The fourth-order valence-electron chi connectivity index (χ4n) is 3.45. The Morgan fingerprint density at radius 1 is 1.38 bits per heavy atom. The molecule has 0 bridgehead atoms. The van der Waals surface area contributed by atoms with Crippen LogP contribution >= 0.6 is 0 Å². The van der Waals surface area contributed by atoms with Crippen molar-refractivity contribution in [2.45, 2.75) is 39.3 Å². The number of aliphatic hydroxyl groups excluding tert-OH is 1. The van der Waals surface area contributed by atoms with Gasteiger partial charge in [0.2, 0.25) is 0 Å². The van der Waals surface area contributed by atoms with E-state index in [1.54, 1.807) is 18.5 Å². The Labute approximate surface area is 154 Å². The van der Waals surface area contributed by atoms with E-state index in [2.05, 4.69) is 29.0 Å². The molecule has 6 nitrogen and oxygen atoms in total. The molecular formula is C20H27N3O3. The van der Waals surface area contributed by atoms with Crippen LogP contribution in [-0.4, -0.2) is 35.2 Å². The Morgan fingerprint density at radius 2 is 2.15 bits per heavy atom. The van der Waals surface area contributed by atoms with E-state index in [0.29, 0.717) is 23.9 Å². The van der Waals surface area contributed by atoms with Crippen molar-refractivity contribution < 1.29 is 14.3 Å². The van der Waals surface area contributed by atoms with E-state index in [-0.39, 0.29) is 17.9 Å². The number of aromatic nitrogens is 1. The zero-order valence-corrected chi connectivity index (χ0v) is 15.4. The van der Waals surface area contributed by atoms with E-state index < -0.39 is 0 Å². The van der Waals surface area contributed by atoms with E-state index in [4.69, 9.17) is 4.42 Å². The molecule has 2 N–H and O–H groups in total. The van der Waals surface area contributed by atoms with Crippen molar-refractivity contribution in [1.29, 1.82) is 0 Å². The number of carbonyl (C=O) groups excluding carboxylic acids is 1. The first-order valence-electron chi connectivity index (χ1n) is 9.24. The average molecular weight is 357 g/mol. The first-order chi connectivity index (χ1) is 12.5. The van der Waals surface area contributed by atoms with Gasteiger partial charge in [-0.15, -0.1) is 0 Å². The topological polar surface area (TPSA) is 78.6 Å². The maximum Gasteiger partial charge on any atom is 0.270 e. The maximum absolute atomic E-state index is 12.3. The van der Waals surface area contributed by atoms with E-state index in [0.717, 1.165) is 31.6 Å². The van der Waals surface area contributed by atoms with Gasteiger partial charge in [0, 0.05) is 25.0 Å². The number of nitrogens with one attached hydrogen (secondary N) is 1. The van der Waals surface area contributed by atoms with Gasteiger partial charge in [0.25, 0.3) is 5.91 Å². The molecule has 2 aromatic heterocycles. The number of pyridine rings is 1. The van der Waals surface area contributed by atoms with Crippen LogP contribution in [0.2, 0.25) is 0 Å². The molecule has 1 atom stereocenters. The highest BCUT2D eigenvalue weighted by molar-refractivity contribution is 5.93. The Morgan fingerprint density at radius 3 is 2.81 bits per heavy atom. The van der Waals surface area contributed by atoms with Gasteiger partial charge in [-0.3, -0.25) is 9.78 Å². The number of hydrogen-bond donors (Lipinski definition) is 2. The minimum atomic E-state index is -0.238. The first-order valence-corrected chi connectivity index (χ1v) is 9.24. The van der Waals surface area contributed by atoms with Crippen molar-refractivity contribution in [1.82, 2.24) is 10.3 Å². The molecule has 1 amide bonds. The highest BCUT2D eigenvalue weighted by Crippen LogP contribution is 2.28. The normalized spacial score (nSPS) is 16.7. The number of rotatable bonds is 6. The van der Waals surface area contributed by atoms with Gasteiger partial charge in [0.15, 0.2) is 0 Å². The number of anilines is 1. The largest absolute Gasteiger partial charge is 0.467 e. The Bertz CT molecular complexity index is 707. The highest BCUT2D eigenvalue weighted by atomic mass is 16.3. The molecule has 2 aromatic rings. The van der Waals surface area contributed by atoms with Crippen molar-refractivity contribution >= 4 is 11.6 Å². The lowest BCUT2D eigenvalue weighted by molar-refractivity contribution is 0.0527. The molecule has 1 aliphatic heterocycles. The van der Waals surface area contributed by atoms with Crippen LogP contribution in [0.15, 0.2) is 41.1 Å². The third kappa shape index (κ3) is 4.43. The monoisotopic (exact) mass is 357 g/mol. The van der Waals surface area contributed by atoms with Crippen LogP contribution in [0.1, 0.15) is 42.9 Å². The summed E-state index contributed by atoms with van der Waals surface area (Å²) in [6.45, 7) is 6.23. The molecule has 1 aliphatic rings. The van der Waals surface area contributed by atoms with Crippen LogP contribution in [-0.2, 0) is 6.54 Å². The molecule has 0 unspecified atom stereocenters. The summed E-state index contributed by atoms with van der Waals surface area (Å²) in [5, 5.41) is 13.1. The fraction of sp³-hybridized carbons (Fsp3) is 0.500.